The van der Waals surface area contributed by atoms with Crippen LogP contribution < -0.4 is 0 Å². The predicted molar refractivity (Wildman–Crippen MR) is 65.2 cm³/mol. The van der Waals surface area contributed by atoms with Crippen molar-refractivity contribution in [3.05, 3.63) is 30.3 Å². The summed E-state index contributed by atoms with van der Waals surface area (Å²) in [6, 6.07) is 10.6. The van der Waals surface area contributed by atoms with Crippen molar-refractivity contribution in [2.75, 3.05) is 5.75 Å². The van der Waals surface area contributed by atoms with Crippen molar-refractivity contribution in [1.29, 1.82) is 0 Å². The van der Waals surface area contributed by atoms with Crippen molar-refractivity contribution in [3.63, 3.8) is 0 Å². The number of thioether (sulfide) groups is 1. The third kappa shape index (κ3) is 7.12. The van der Waals surface area contributed by atoms with Gasteiger partial charge in [0.1, 0.15) is 0 Å². The molecule has 0 aliphatic rings. The van der Waals surface area contributed by atoms with Gasteiger partial charge in [0.2, 0.25) is 0 Å². The molecule has 0 heterocycles. The van der Waals surface area contributed by atoms with Crippen molar-refractivity contribution < 1.29 is 0 Å². The first-order valence-corrected chi connectivity index (χ1v) is 5.45. The van der Waals surface area contributed by atoms with Gasteiger partial charge in [-0.05, 0) is 30.2 Å². The van der Waals surface area contributed by atoms with Crippen LogP contribution in [0, 0.1) is 5.92 Å². The summed E-state index contributed by atoms with van der Waals surface area (Å²) >= 11 is 1.95. The van der Waals surface area contributed by atoms with E-state index in [0.29, 0.717) is 0 Å². The van der Waals surface area contributed by atoms with Crippen LogP contribution in [0.3, 0.4) is 0 Å². The minimum atomic E-state index is 0. The second-order valence-corrected chi connectivity index (χ2v) is 4.51. The third-order valence-corrected chi connectivity index (χ3v) is 2.75. The standard InChI is InChI=1S/C11H16S.Ba.2H/c1-10(2)8-9-12-11-6-4-3-5-7-11;;;/h3-7,10H,8-9H2,1-2H3;;;. The molecule has 1 aromatic carbocycles. The Morgan fingerprint density at radius 2 is 1.77 bits per heavy atom. The van der Waals surface area contributed by atoms with E-state index in [1.807, 2.05) is 11.8 Å². The molecule has 1 aromatic rings. The number of hydrogen-bond acceptors (Lipinski definition) is 1. The number of hydrogen-bond donors (Lipinski definition) is 0. The van der Waals surface area contributed by atoms with Gasteiger partial charge in [0.25, 0.3) is 0 Å². The summed E-state index contributed by atoms with van der Waals surface area (Å²) < 4.78 is 0. The second kappa shape index (κ2) is 8.45. The summed E-state index contributed by atoms with van der Waals surface area (Å²) in [5, 5.41) is 0. The fraction of sp³-hybridized carbons (Fsp3) is 0.455. The molecule has 0 N–H and O–H groups in total. The van der Waals surface area contributed by atoms with E-state index in [4.69, 9.17) is 0 Å². The van der Waals surface area contributed by atoms with Crippen molar-refractivity contribution in [1.82, 2.24) is 0 Å². The summed E-state index contributed by atoms with van der Waals surface area (Å²) in [5.74, 6) is 2.06. The van der Waals surface area contributed by atoms with Gasteiger partial charge in [-0.3, -0.25) is 0 Å². The molecule has 0 bridgehead atoms. The zero-order valence-corrected chi connectivity index (χ0v) is 8.60. The Kier molecular flexibility index (Phi) is 9.19. The molecular weight excluding hydrogens is 302 g/mol. The summed E-state index contributed by atoms with van der Waals surface area (Å²) in [5.41, 5.74) is 0. The molecule has 0 saturated carbocycles. The van der Waals surface area contributed by atoms with E-state index in [1.54, 1.807) is 0 Å². The van der Waals surface area contributed by atoms with Crippen LogP contribution in [0.25, 0.3) is 0 Å². The first-order valence-electron chi connectivity index (χ1n) is 4.47. The van der Waals surface area contributed by atoms with Crippen LogP contribution in [-0.2, 0) is 0 Å². The summed E-state index contributed by atoms with van der Waals surface area (Å²) in [6.07, 6.45) is 1.31. The van der Waals surface area contributed by atoms with Gasteiger partial charge in [0, 0.05) is 4.90 Å². The molecule has 0 spiro atoms. The van der Waals surface area contributed by atoms with Crippen LogP contribution in [0.15, 0.2) is 35.2 Å². The maximum absolute atomic E-state index is 2.27. The Labute approximate surface area is 126 Å². The van der Waals surface area contributed by atoms with Crippen LogP contribution in [0.2, 0.25) is 0 Å². The van der Waals surface area contributed by atoms with Gasteiger partial charge < -0.3 is 0 Å². The molecule has 0 atom stereocenters. The first kappa shape index (κ1) is 14.1. The number of rotatable bonds is 4. The zero-order chi connectivity index (χ0) is 8.81. The van der Waals surface area contributed by atoms with Gasteiger partial charge >= 0.3 is 48.9 Å². The molecule has 0 aliphatic carbocycles. The summed E-state index contributed by atoms with van der Waals surface area (Å²) in [4.78, 5) is 1.39. The topological polar surface area (TPSA) is 0 Å². The second-order valence-electron chi connectivity index (χ2n) is 3.34. The Balaban J connectivity index is 0.00000144. The molecular formula is C11H18BaS. The van der Waals surface area contributed by atoms with Gasteiger partial charge in [-0.25, -0.2) is 0 Å². The molecule has 0 amide bonds. The normalized spacial score (nSPS) is 9.77. The fourth-order valence-electron chi connectivity index (χ4n) is 0.929. The molecule has 0 unspecified atom stereocenters. The average Bonchev–Trinajstić information content (AvgIpc) is 2.05. The van der Waals surface area contributed by atoms with Crippen LogP contribution in [0.5, 0.6) is 0 Å². The van der Waals surface area contributed by atoms with Crippen LogP contribution >= 0.6 is 11.8 Å². The Morgan fingerprint density at radius 1 is 1.15 bits per heavy atom. The van der Waals surface area contributed by atoms with E-state index in [9.17, 15) is 0 Å². The fourth-order valence-corrected chi connectivity index (χ4v) is 2.10. The van der Waals surface area contributed by atoms with Crippen LogP contribution in [0.1, 0.15) is 20.3 Å². The van der Waals surface area contributed by atoms with Gasteiger partial charge in [-0.15, -0.1) is 11.8 Å². The van der Waals surface area contributed by atoms with E-state index in [1.165, 1.54) is 17.1 Å². The van der Waals surface area contributed by atoms with E-state index in [-0.39, 0.29) is 48.9 Å². The van der Waals surface area contributed by atoms with E-state index >= 15 is 0 Å². The molecule has 70 valence electrons. The molecule has 0 aliphatic heterocycles. The molecule has 0 radical (unpaired) electrons. The summed E-state index contributed by atoms with van der Waals surface area (Å²) in [6.45, 7) is 4.54. The predicted octanol–water partition coefficient (Wildman–Crippen LogP) is 2.91. The van der Waals surface area contributed by atoms with Gasteiger partial charge in [-0.2, -0.15) is 0 Å². The summed E-state index contributed by atoms with van der Waals surface area (Å²) in [7, 11) is 0. The van der Waals surface area contributed by atoms with Gasteiger partial charge in [0.05, 0.1) is 0 Å². The molecule has 1 rings (SSSR count). The van der Waals surface area contributed by atoms with Crippen molar-refractivity contribution >= 4 is 60.6 Å². The van der Waals surface area contributed by atoms with Gasteiger partial charge in [-0.1, -0.05) is 32.0 Å². The zero-order valence-electron chi connectivity index (χ0n) is 7.79. The monoisotopic (exact) mass is 320 g/mol. The Hall–Kier alpha value is 1.14. The van der Waals surface area contributed by atoms with Crippen molar-refractivity contribution in [2.45, 2.75) is 25.2 Å². The van der Waals surface area contributed by atoms with Crippen molar-refractivity contribution in [2.24, 2.45) is 5.92 Å². The molecule has 0 fully saturated rings. The van der Waals surface area contributed by atoms with Crippen LogP contribution in [0.4, 0.5) is 0 Å². The minimum absolute atomic E-state index is 0. The molecule has 0 saturated heterocycles. The number of benzene rings is 1. The van der Waals surface area contributed by atoms with E-state index in [2.05, 4.69) is 44.2 Å². The van der Waals surface area contributed by atoms with Gasteiger partial charge in [0.15, 0.2) is 0 Å². The van der Waals surface area contributed by atoms with E-state index < -0.39 is 0 Å². The molecule has 13 heavy (non-hydrogen) atoms. The van der Waals surface area contributed by atoms with Crippen LogP contribution in [-0.4, -0.2) is 54.6 Å². The Bertz CT molecular complexity index is 209. The average molecular weight is 320 g/mol. The molecule has 0 nitrogen and oxygen atoms in total. The molecule has 0 aromatic heterocycles. The maximum atomic E-state index is 2.27. The SMILES string of the molecule is CC(C)CCSc1ccccc1.[BaH2]. The quantitative estimate of drug-likeness (QED) is 0.607. The first-order chi connectivity index (χ1) is 5.79. The Morgan fingerprint density at radius 3 is 2.31 bits per heavy atom. The van der Waals surface area contributed by atoms with Crippen molar-refractivity contribution in [3.8, 4) is 0 Å². The third-order valence-electron chi connectivity index (χ3n) is 1.71. The van der Waals surface area contributed by atoms with E-state index in [0.717, 1.165) is 5.92 Å². The molecule has 2 heteroatoms.